The number of hydrogen-bond donors (Lipinski definition) is 1. The molecule has 0 amide bonds. The van der Waals surface area contributed by atoms with Crippen molar-refractivity contribution in [2.75, 3.05) is 11.5 Å². The van der Waals surface area contributed by atoms with E-state index in [1.165, 1.54) is 24.3 Å². The Morgan fingerprint density at radius 3 is 2.00 bits per heavy atom. The van der Waals surface area contributed by atoms with E-state index in [4.69, 9.17) is 5.21 Å². The highest BCUT2D eigenvalue weighted by Gasteiger charge is 2.16. The van der Waals surface area contributed by atoms with Gasteiger partial charge >= 0.3 is 0 Å². The van der Waals surface area contributed by atoms with E-state index in [1.54, 1.807) is 11.1 Å². The topological polar surface area (TPSA) is 32.6 Å². The van der Waals surface area contributed by atoms with Gasteiger partial charge in [0, 0.05) is 0 Å². The van der Waals surface area contributed by atoms with Crippen molar-refractivity contribution in [3.8, 4) is 0 Å². The molecule has 1 heterocycles. The molecule has 78 valence electrons. The third-order valence-electron chi connectivity index (χ3n) is 3.17. The van der Waals surface area contributed by atoms with Crippen LogP contribution in [-0.2, 0) is 0 Å². The normalized spacial score (nSPS) is 23.9. The summed E-state index contributed by atoms with van der Waals surface area (Å²) in [6, 6.07) is 0. The molecule has 2 aliphatic rings. The highest BCUT2D eigenvalue weighted by atomic mass is 32.2. The van der Waals surface area contributed by atoms with Gasteiger partial charge in [0.25, 0.3) is 0 Å². The van der Waals surface area contributed by atoms with Gasteiger partial charge in [-0.25, -0.2) is 0 Å². The van der Waals surface area contributed by atoms with Crippen molar-refractivity contribution in [3.63, 3.8) is 0 Å². The van der Waals surface area contributed by atoms with Gasteiger partial charge in [0.1, 0.15) is 0 Å². The van der Waals surface area contributed by atoms with E-state index in [1.807, 2.05) is 0 Å². The largest absolute Gasteiger partial charge is 0.411 e. The van der Waals surface area contributed by atoms with Crippen molar-refractivity contribution in [2.45, 2.75) is 38.5 Å². The van der Waals surface area contributed by atoms with Crippen LogP contribution in [0.2, 0.25) is 0 Å². The van der Waals surface area contributed by atoms with Crippen LogP contribution in [0.15, 0.2) is 16.3 Å². The first-order chi connectivity index (χ1) is 6.90. The van der Waals surface area contributed by atoms with E-state index >= 15 is 0 Å². The van der Waals surface area contributed by atoms with Crippen molar-refractivity contribution in [1.29, 1.82) is 0 Å². The maximum Gasteiger partial charge on any atom is 0.0577 e. The predicted octanol–water partition coefficient (Wildman–Crippen LogP) is 3.21. The molecule has 0 bridgehead atoms. The summed E-state index contributed by atoms with van der Waals surface area (Å²) in [5.41, 5.74) is 4.36. The SMILES string of the molecule is ON=C1CCC(=C2CCSCC2)CC1. The van der Waals surface area contributed by atoms with Crippen LogP contribution in [0.4, 0.5) is 0 Å². The van der Waals surface area contributed by atoms with Gasteiger partial charge in [0.05, 0.1) is 5.71 Å². The fourth-order valence-electron chi connectivity index (χ4n) is 2.27. The Labute approximate surface area is 89.5 Å². The number of hydrogen-bond acceptors (Lipinski definition) is 3. The molecule has 0 aromatic rings. The summed E-state index contributed by atoms with van der Waals surface area (Å²) in [5.74, 6) is 2.61. The minimum Gasteiger partial charge on any atom is -0.411 e. The number of allylic oxidation sites excluding steroid dienone is 2. The molecule has 14 heavy (non-hydrogen) atoms. The Morgan fingerprint density at radius 2 is 1.43 bits per heavy atom. The molecular formula is C11H17NOS. The van der Waals surface area contributed by atoms with Crippen molar-refractivity contribution >= 4 is 17.5 Å². The molecular weight excluding hydrogens is 194 g/mol. The van der Waals surface area contributed by atoms with Crippen LogP contribution >= 0.6 is 11.8 Å². The zero-order valence-corrected chi connectivity index (χ0v) is 9.28. The van der Waals surface area contributed by atoms with E-state index in [2.05, 4.69) is 16.9 Å². The van der Waals surface area contributed by atoms with Gasteiger partial charge in [-0.1, -0.05) is 16.3 Å². The summed E-state index contributed by atoms with van der Waals surface area (Å²) in [4.78, 5) is 0. The first-order valence-electron chi connectivity index (χ1n) is 5.37. The minimum absolute atomic E-state index is 0.975. The molecule has 2 rings (SSSR count). The van der Waals surface area contributed by atoms with Crippen LogP contribution in [0.1, 0.15) is 38.5 Å². The quantitative estimate of drug-likeness (QED) is 0.379. The average molecular weight is 211 g/mol. The average Bonchev–Trinajstić information content (AvgIpc) is 2.30. The molecule has 0 aromatic heterocycles. The summed E-state index contributed by atoms with van der Waals surface area (Å²) in [5, 5.41) is 12.0. The lowest BCUT2D eigenvalue weighted by Gasteiger charge is -2.22. The van der Waals surface area contributed by atoms with E-state index < -0.39 is 0 Å². The molecule has 0 spiro atoms. The zero-order chi connectivity index (χ0) is 9.80. The second-order valence-corrected chi connectivity index (χ2v) is 5.21. The second kappa shape index (κ2) is 4.87. The Kier molecular flexibility index (Phi) is 3.51. The number of rotatable bonds is 0. The summed E-state index contributed by atoms with van der Waals surface area (Å²) >= 11 is 2.07. The van der Waals surface area contributed by atoms with E-state index in [9.17, 15) is 0 Å². The highest BCUT2D eigenvalue weighted by molar-refractivity contribution is 7.99. The van der Waals surface area contributed by atoms with Crippen LogP contribution in [0, 0.1) is 0 Å². The van der Waals surface area contributed by atoms with E-state index in [0.29, 0.717) is 0 Å². The Hall–Kier alpha value is -0.440. The maximum atomic E-state index is 8.66. The Bertz CT molecular complexity index is 250. The van der Waals surface area contributed by atoms with Gasteiger partial charge < -0.3 is 5.21 Å². The molecule has 1 aliphatic carbocycles. The van der Waals surface area contributed by atoms with Crippen LogP contribution in [-0.4, -0.2) is 22.4 Å². The van der Waals surface area contributed by atoms with Gasteiger partial charge in [0.15, 0.2) is 0 Å². The maximum absolute atomic E-state index is 8.66. The number of thioether (sulfide) groups is 1. The third-order valence-corrected chi connectivity index (χ3v) is 4.15. The van der Waals surface area contributed by atoms with Crippen LogP contribution < -0.4 is 0 Å². The summed E-state index contributed by atoms with van der Waals surface area (Å²) in [6.07, 6.45) is 6.82. The predicted molar refractivity (Wildman–Crippen MR) is 61.3 cm³/mol. The lowest BCUT2D eigenvalue weighted by atomic mass is 9.88. The molecule has 1 saturated heterocycles. The lowest BCUT2D eigenvalue weighted by molar-refractivity contribution is 0.315. The standard InChI is InChI=1S/C11H17NOS/c13-12-11-3-1-9(2-4-11)10-5-7-14-8-6-10/h13H,1-8H2. The summed E-state index contributed by atoms with van der Waals surface area (Å²) < 4.78 is 0. The molecule has 2 nitrogen and oxygen atoms in total. The van der Waals surface area contributed by atoms with Crippen LogP contribution in [0.5, 0.6) is 0 Å². The second-order valence-electron chi connectivity index (χ2n) is 3.99. The van der Waals surface area contributed by atoms with Gasteiger partial charge in [-0.15, -0.1) is 0 Å². The Balaban J connectivity index is 1.98. The molecule has 1 saturated carbocycles. The summed E-state index contributed by atoms with van der Waals surface area (Å²) in [6.45, 7) is 0. The molecule has 0 radical (unpaired) electrons. The third kappa shape index (κ3) is 2.32. The molecule has 0 atom stereocenters. The van der Waals surface area contributed by atoms with E-state index in [-0.39, 0.29) is 0 Å². The molecule has 2 fully saturated rings. The molecule has 1 N–H and O–H groups in total. The van der Waals surface area contributed by atoms with Crippen molar-refractivity contribution in [3.05, 3.63) is 11.1 Å². The zero-order valence-electron chi connectivity index (χ0n) is 8.46. The van der Waals surface area contributed by atoms with Gasteiger partial charge in [-0.3, -0.25) is 0 Å². The Morgan fingerprint density at radius 1 is 0.857 bits per heavy atom. The molecule has 3 heteroatoms. The smallest absolute Gasteiger partial charge is 0.0577 e. The first-order valence-corrected chi connectivity index (χ1v) is 6.53. The van der Waals surface area contributed by atoms with E-state index in [0.717, 1.165) is 31.4 Å². The van der Waals surface area contributed by atoms with Crippen molar-refractivity contribution < 1.29 is 5.21 Å². The van der Waals surface area contributed by atoms with Gasteiger partial charge in [-0.2, -0.15) is 11.8 Å². The van der Waals surface area contributed by atoms with Crippen LogP contribution in [0.25, 0.3) is 0 Å². The van der Waals surface area contributed by atoms with Gasteiger partial charge in [-0.05, 0) is 50.0 Å². The molecule has 0 unspecified atom stereocenters. The van der Waals surface area contributed by atoms with Crippen molar-refractivity contribution in [2.24, 2.45) is 5.16 Å². The highest BCUT2D eigenvalue weighted by Crippen LogP contribution is 2.31. The van der Waals surface area contributed by atoms with Crippen molar-refractivity contribution in [1.82, 2.24) is 0 Å². The fraction of sp³-hybridized carbons (Fsp3) is 0.727. The van der Waals surface area contributed by atoms with Crippen LogP contribution in [0.3, 0.4) is 0 Å². The lowest BCUT2D eigenvalue weighted by Crippen LogP contribution is -2.11. The first kappa shape index (κ1) is 10.1. The minimum atomic E-state index is 0.975. The monoisotopic (exact) mass is 211 g/mol. The van der Waals surface area contributed by atoms with Gasteiger partial charge in [0.2, 0.25) is 0 Å². The fourth-order valence-corrected chi connectivity index (χ4v) is 3.25. The molecule has 0 aromatic carbocycles. The summed E-state index contributed by atoms with van der Waals surface area (Å²) in [7, 11) is 0. The number of nitrogens with zero attached hydrogens (tertiary/aromatic N) is 1. The molecule has 1 aliphatic heterocycles. The number of oxime groups is 1.